The molecule has 0 spiro atoms. The second-order valence-electron chi connectivity index (χ2n) is 6.00. The first-order chi connectivity index (χ1) is 8.10. The summed E-state index contributed by atoms with van der Waals surface area (Å²) in [7, 11) is 1.65. The Balaban J connectivity index is 2.79. The molecule has 1 atom stereocenters. The van der Waals surface area contributed by atoms with Crippen LogP contribution in [0.5, 0.6) is 0 Å². The van der Waals surface area contributed by atoms with Gasteiger partial charge in [0.1, 0.15) is 11.6 Å². The van der Waals surface area contributed by atoms with Crippen LogP contribution in [0.15, 0.2) is 0 Å². The highest BCUT2D eigenvalue weighted by Gasteiger charge is 2.43. The van der Waals surface area contributed by atoms with E-state index < -0.39 is 11.6 Å². The lowest BCUT2D eigenvalue weighted by atomic mass is 9.96. The van der Waals surface area contributed by atoms with Crippen molar-refractivity contribution in [1.29, 1.82) is 0 Å². The van der Waals surface area contributed by atoms with E-state index in [4.69, 9.17) is 4.74 Å². The molecule has 2 amide bonds. The van der Waals surface area contributed by atoms with E-state index in [9.17, 15) is 9.59 Å². The maximum Gasteiger partial charge on any atom is 0.248 e. The van der Waals surface area contributed by atoms with Crippen molar-refractivity contribution in [2.45, 2.75) is 58.2 Å². The molecule has 1 N–H and O–H groups in total. The van der Waals surface area contributed by atoms with Crippen molar-refractivity contribution >= 4 is 11.8 Å². The standard InChI is InChI=1S/C13H24N2O3/c1-9-10(16)14-13(4,5)11(17)15(9)8-7-12(2,3)18-6/h9H,7-8H2,1-6H3,(H,14,16). The van der Waals surface area contributed by atoms with Crippen molar-refractivity contribution in [3.63, 3.8) is 0 Å². The van der Waals surface area contributed by atoms with Crippen molar-refractivity contribution < 1.29 is 14.3 Å². The van der Waals surface area contributed by atoms with Crippen LogP contribution in [0.2, 0.25) is 0 Å². The van der Waals surface area contributed by atoms with Crippen LogP contribution in [-0.4, -0.2) is 47.6 Å². The van der Waals surface area contributed by atoms with E-state index in [1.165, 1.54) is 0 Å². The van der Waals surface area contributed by atoms with E-state index >= 15 is 0 Å². The summed E-state index contributed by atoms with van der Waals surface area (Å²) in [6, 6.07) is -0.418. The Morgan fingerprint density at radius 3 is 2.44 bits per heavy atom. The second-order valence-corrected chi connectivity index (χ2v) is 6.00. The van der Waals surface area contributed by atoms with Gasteiger partial charge < -0.3 is 15.0 Å². The lowest BCUT2D eigenvalue weighted by Gasteiger charge is -2.42. The lowest BCUT2D eigenvalue weighted by molar-refractivity contribution is -0.153. The van der Waals surface area contributed by atoms with Crippen molar-refractivity contribution in [3.05, 3.63) is 0 Å². The number of hydrogen-bond donors (Lipinski definition) is 1. The first kappa shape index (κ1) is 15.0. The molecule has 1 aliphatic heterocycles. The third-order valence-electron chi connectivity index (χ3n) is 3.59. The molecule has 1 fully saturated rings. The van der Waals surface area contributed by atoms with Gasteiger partial charge in [0.15, 0.2) is 0 Å². The van der Waals surface area contributed by atoms with E-state index in [1.54, 1.807) is 32.8 Å². The Labute approximate surface area is 109 Å². The third kappa shape index (κ3) is 3.02. The summed E-state index contributed by atoms with van der Waals surface area (Å²) >= 11 is 0. The number of carbonyl (C=O) groups excluding carboxylic acids is 2. The van der Waals surface area contributed by atoms with E-state index in [1.807, 2.05) is 13.8 Å². The van der Waals surface area contributed by atoms with Crippen LogP contribution >= 0.6 is 0 Å². The van der Waals surface area contributed by atoms with Gasteiger partial charge in [0.25, 0.3) is 0 Å². The molecule has 0 aromatic rings. The molecule has 0 aromatic heterocycles. The van der Waals surface area contributed by atoms with E-state index in [-0.39, 0.29) is 17.4 Å². The smallest absolute Gasteiger partial charge is 0.248 e. The average molecular weight is 256 g/mol. The van der Waals surface area contributed by atoms with E-state index in [0.717, 1.165) is 0 Å². The minimum atomic E-state index is -0.819. The van der Waals surface area contributed by atoms with Gasteiger partial charge >= 0.3 is 0 Å². The Bertz CT molecular complexity index is 350. The lowest BCUT2D eigenvalue weighted by Crippen LogP contribution is -2.67. The van der Waals surface area contributed by atoms with E-state index in [0.29, 0.717) is 13.0 Å². The number of nitrogens with one attached hydrogen (secondary N) is 1. The molecule has 104 valence electrons. The molecule has 1 heterocycles. The summed E-state index contributed by atoms with van der Waals surface area (Å²) in [6.45, 7) is 9.68. The molecule has 0 radical (unpaired) electrons. The quantitative estimate of drug-likeness (QED) is 0.814. The van der Waals surface area contributed by atoms with Gasteiger partial charge in [-0.3, -0.25) is 9.59 Å². The summed E-state index contributed by atoms with van der Waals surface area (Å²) in [5, 5.41) is 2.73. The summed E-state index contributed by atoms with van der Waals surface area (Å²) in [5.74, 6) is -0.142. The molecule has 1 rings (SSSR count). The number of amides is 2. The zero-order valence-electron chi connectivity index (χ0n) is 12.2. The highest BCUT2D eigenvalue weighted by Crippen LogP contribution is 2.21. The van der Waals surface area contributed by atoms with Crippen molar-refractivity contribution in [2.24, 2.45) is 0 Å². The maximum atomic E-state index is 12.3. The summed E-state index contributed by atoms with van der Waals surface area (Å²) in [4.78, 5) is 25.7. The fraction of sp³-hybridized carbons (Fsp3) is 0.846. The maximum absolute atomic E-state index is 12.3. The van der Waals surface area contributed by atoms with Crippen LogP contribution in [0.1, 0.15) is 41.0 Å². The van der Waals surface area contributed by atoms with Crippen molar-refractivity contribution in [2.75, 3.05) is 13.7 Å². The van der Waals surface area contributed by atoms with Crippen molar-refractivity contribution in [1.82, 2.24) is 10.2 Å². The number of rotatable bonds is 4. The molecule has 0 aliphatic carbocycles. The predicted molar refractivity (Wildman–Crippen MR) is 69.1 cm³/mol. The van der Waals surface area contributed by atoms with E-state index in [2.05, 4.69) is 5.32 Å². The molecule has 5 heteroatoms. The normalized spacial score (nSPS) is 24.1. The topological polar surface area (TPSA) is 58.6 Å². The Morgan fingerprint density at radius 1 is 1.39 bits per heavy atom. The molecule has 0 bridgehead atoms. The van der Waals surface area contributed by atoms with Crippen LogP contribution in [0.25, 0.3) is 0 Å². The molecule has 1 saturated heterocycles. The second kappa shape index (κ2) is 4.88. The van der Waals surface area contributed by atoms with Gasteiger partial charge in [0.2, 0.25) is 11.8 Å². The molecule has 0 aromatic carbocycles. The number of hydrogen-bond acceptors (Lipinski definition) is 3. The third-order valence-corrected chi connectivity index (χ3v) is 3.59. The SMILES string of the molecule is COC(C)(C)CCN1C(=O)C(C)(C)NC(=O)C1C. The predicted octanol–water partition coefficient (Wildman–Crippen LogP) is 0.927. The number of nitrogens with zero attached hydrogens (tertiary/aromatic N) is 1. The number of methoxy groups -OCH3 is 1. The zero-order chi connectivity index (χ0) is 14.1. The Kier molecular flexibility index (Phi) is 4.05. The van der Waals surface area contributed by atoms with Crippen LogP contribution in [0.3, 0.4) is 0 Å². The van der Waals surface area contributed by atoms with Crippen LogP contribution in [0, 0.1) is 0 Å². The molecule has 1 aliphatic rings. The summed E-state index contributed by atoms with van der Waals surface area (Å²) in [5.41, 5.74) is -1.11. The zero-order valence-corrected chi connectivity index (χ0v) is 12.2. The summed E-state index contributed by atoms with van der Waals surface area (Å²) in [6.07, 6.45) is 0.697. The fourth-order valence-electron chi connectivity index (χ4n) is 1.93. The van der Waals surface area contributed by atoms with Crippen LogP contribution in [-0.2, 0) is 14.3 Å². The molecule has 5 nitrogen and oxygen atoms in total. The highest BCUT2D eigenvalue weighted by atomic mass is 16.5. The van der Waals surface area contributed by atoms with Crippen LogP contribution < -0.4 is 5.32 Å². The fourth-order valence-corrected chi connectivity index (χ4v) is 1.93. The Hall–Kier alpha value is -1.10. The minimum Gasteiger partial charge on any atom is -0.379 e. The first-order valence-electron chi connectivity index (χ1n) is 6.29. The van der Waals surface area contributed by atoms with Crippen LogP contribution in [0.4, 0.5) is 0 Å². The van der Waals surface area contributed by atoms with Gasteiger partial charge in [0, 0.05) is 13.7 Å². The summed E-state index contributed by atoms with van der Waals surface area (Å²) < 4.78 is 5.34. The molecule has 0 saturated carbocycles. The average Bonchev–Trinajstić information content (AvgIpc) is 2.26. The molecular weight excluding hydrogens is 232 g/mol. The number of ether oxygens (including phenoxy) is 1. The van der Waals surface area contributed by atoms with Crippen molar-refractivity contribution in [3.8, 4) is 0 Å². The molecular formula is C13H24N2O3. The highest BCUT2D eigenvalue weighted by molar-refractivity contribution is 5.99. The minimum absolute atomic E-state index is 0.0403. The van der Waals surface area contributed by atoms with Gasteiger partial charge in [-0.05, 0) is 41.0 Å². The molecule has 18 heavy (non-hydrogen) atoms. The largest absolute Gasteiger partial charge is 0.379 e. The monoisotopic (exact) mass is 256 g/mol. The number of carbonyl (C=O) groups is 2. The van der Waals surface area contributed by atoms with Gasteiger partial charge in [-0.1, -0.05) is 0 Å². The van der Waals surface area contributed by atoms with Gasteiger partial charge in [0.05, 0.1) is 5.60 Å². The van der Waals surface area contributed by atoms with Gasteiger partial charge in [-0.2, -0.15) is 0 Å². The van der Waals surface area contributed by atoms with Gasteiger partial charge in [-0.15, -0.1) is 0 Å². The molecule has 1 unspecified atom stereocenters. The Morgan fingerprint density at radius 2 is 1.94 bits per heavy atom. The van der Waals surface area contributed by atoms with Gasteiger partial charge in [-0.25, -0.2) is 0 Å². The number of piperazine rings is 1. The first-order valence-corrected chi connectivity index (χ1v) is 6.29.